The van der Waals surface area contributed by atoms with Gasteiger partial charge in [-0.2, -0.15) is 0 Å². The number of nitrogens with zero attached hydrogens (tertiary/aromatic N) is 1. The van der Waals surface area contributed by atoms with E-state index in [-0.39, 0.29) is 17.0 Å². The molecule has 4 nitrogen and oxygen atoms in total. The van der Waals surface area contributed by atoms with Crippen molar-refractivity contribution in [1.29, 1.82) is 5.41 Å². The fourth-order valence-electron chi connectivity index (χ4n) is 3.24. The van der Waals surface area contributed by atoms with E-state index in [0.717, 1.165) is 24.1 Å². The van der Waals surface area contributed by atoms with Crippen LogP contribution in [0.15, 0.2) is 35.1 Å². The quantitative estimate of drug-likeness (QED) is 0.675. The van der Waals surface area contributed by atoms with Gasteiger partial charge in [-0.3, -0.25) is 10.2 Å². The first kappa shape index (κ1) is 14.6. The van der Waals surface area contributed by atoms with Crippen LogP contribution in [-0.2, 0) is 19.4 Å². The standard InChI is InChI=1S/C18H21N3O/c1-2-21-16(10-9-15(17(19)20)18(21)22)14-8-7-12-5-3-4-6-13(12)11-14/h7-11H,2-6H2,1H3,(H3,19,20). The summed E-state index contributed by atoms with van der Waals surface area (Å²) in [5.74, 6) is -0.177. The largest absolute Gasteiger partial charge is 0.384 e. The molecule has 0 unspecified atom stereocenters. The third-order valence-corrected chi connectivity index (χ3v) is 4.42. The summed E-state index contributed by atoms with van der Waals surface area (Å²) in [4.78, 5) is 12.5. The summed E-state index contributed by atoms with van der Waals surface area (Å²) in [6, 6.07) is 10.0. The molecule has 0 fully saturated rings. The molecule has 0 amide bonds. The zero-order valence-corrected chi connectivity index (χ0v) is 12.9. The minimum atomic E-state index is -0.190. The second kappa shape index (κ2) is 5.79. The molecule has 1 heterocycles. The molecule has 0 bridgehead atoms. The van der Waals surface area contributed by atoms with Gasteiger partial charge in [0.15, 0.2) is 0 Å². The second-order valence-electron chi connectivity index (χ2n) is 5.79. The number of hydrogen-bond acceptors (Lipinski definition) is 2. The van der Waals surface area contributed by atoms with Crippen molar-refractivity contribution in [2.75, 3.05) is 0 Å². The third-order valence-electron chi connectivity index (χ3n) is 4.42. The highest BCUT2D eigenvalue weighted by atomic mass is 16.1. The van der Waals surface area contributed by atoms with Crippen molar-refractivity contribution in [3.05, 3.63) is 57.4 Å². The van der Waals surface area contributed by atoms with Crippen molar-refractivity contribution >= 4 is 5.84 Å². The molecule has 0 aliphatic heterocycles. The number of pyridine rings is 1. The summed E-state index contributed by atoms with van der Waals surface area (Å²) >= 11 is 0. The average molecular weight is 295 g/mol. The lowest BCUT2D eigenvalue weighted by molar-refractivity contribution is 0.685. The zero-order chi connectivity index (χ0) is 15.7. The number of benzene rings is 1. The van der Waals surface area contributed by atoms with E-state index in [1.165, 1.54) is 24.0 Å². The van der Waals surface area contributed by atoms with E-state index in [4.69, 9.17) is 11.1 Å². The number of aryl methyl sites for hydroxylation is 2. The van der Waals surface area contributed by atoms with Crippen LogP contribution in [0, 0.1) is 5.41 Å². The van der Waals surface area contributed by atoms with Gasteiger partial charge >= 0.3 is 0 Å². The van der Waals surface area contributed by atoms with Crippen LogP contribution in [0.1, 0.15) is 36.5 Å². The number of nitrogen functional groups attached to an aromatic ring is 1. The van der Waals surface area contributed by atoms with Gasteiger partial charge in [-0.25, -0.2) is 0 Å². The molecule has 0 radical (unpaired) electrons. The molecule has 0 saturated carbocycles. The Balaban J connectivity index is 2.14. The van der Waals surface area contributed by atoms with Crippen LogP contribution in [0.4, 0.5) is 0 Å². The molecule has 114 valence electrons. The summed E-state index contributed by atoms with van der Waals surface area (Å²) in [7, 11) is 0. The van der Waals surface area contributed by atoms with Crippen molar-refractivity contribution in [2.45, 2.75) is 39.2 Å². The van der Waals surface area contributed by atoms with Crippen LogP contribution in [0.2, 0.25) is 0 Å². The number of rotatable bonds is 3. The van der Waals surface area contributed by atoms with Crippen molar-refractivity contribution in [3.8, 4) is 11.3 Å². The molecule has 1 aromatic heterocycles. The molecule has 4 heteroatoms. The SMILES string of the molecule is CCn1c(-c2ccc3c(c2)CCCC3)ccc(C(=N)N)c1=O. The van der Waals surface area contributed by atoms with E-state index in [1.54, 1.807) is 10.6 Å². The number of nitrogens with one attached hydrogen (secondary N) is 1. The normalized spacial score (nSPS) is 13.7. The molecular weight excluding hydrogens is 274 g/mol. The number of aromatic nitrogens is 1. The maximum atomic E-state index is 12.5. The molecule has 0 saturated heterocycles. The van der Waals surface area contributed by atoms with E-state index < -0.39 is 0 Å². The highest BCUT2D eigenvalue weighted by molar-refractivity contribution is 5.94. The lowest BCUT2D eigenvalue weighted by atomic mass is 9.90. The Hall–Kier alpha value is -2.36. The van der Waals surface area contributed by atoms with Crippen LogP contribution in [0.3, 0.4) is 0 Å². The van der Waals surface area contributed by atoms with Crippen LogP contribution in [0.25, 0.3) is 11.3 Å². The number of fused-ring (bicyclic) bond motifs is 1. The Morgan fingerprint density at radius 2 is 1.91 bits per heavy atom. The molecular formula is C18H21N3O. The van der Waals surface area contributed by atoms with E-state index in [1.807, 2.05) is 13.0 Å². The lowest BCUT2D eigenvalue weighted by Crippen LogP contribution is -2.30. The van der Waals surface area contributed by atoms with Gasteiger partial charge in [0.1, 0.15) is 5.84 Å². The Morgan fingerprint density at radius 3 is 2.59 bits per heavy atom. The maximum absolute atomic E-state index is 12.5. The first-order valence-electron chi connectivity index (χ1n) is 7.82. The molecule has 1 aliphatic rings. The molecule has 0 atom stereocenters. The van der Waals surface area contributed by atoms with Gasteiger partial charge in [0.2, 0.25) is 0 Å². The van der Waals surface area contributed by atoms with Crippen LogP contribution in [-0.4, -0.2) is 10.4 Å². The number of amidine groups is 1. The van der Waals surface area contributed by atoms with Crippen molar-refractivity contribution in [2.24, 2.45) is 5.73 Å². The summed E-state index contributed by atoms with van der Waals surface area (Å²) in [5, 5.41) is 7.51. The molecule has 1 aliphatic carbocycles. The first-order chi connectivity index (χ1) is 10.6. The van der Waals surface area contributed by atoms with E-state index in [9.17, 15) is 4.79 Å². The predicted octanol–water partition coefficient (Wildman–Crippen LogP) is 2.70. The van der Waals surface area contributed by atoms with Gasteiger partial charge in [0.25, 0.3) is 5.56 Å². The smallest absolute Gasteiger partial charge is 0.261 e. The number of nitrogens with two attached hydrogens (primary N) is 1. The minimum absolute atomic E-state index is 0.177. The first-order valence-corrected chi connectivity index (χ1v) is 7.82. The highest BCUT2D eigenvalue weighted by Crippen LogP contribution is 2.27. The van der Waals surface area contributed by atoms with E-state index >= 15 is 0 Å². The van der Waals surface area contributed by atoms with Crippen molar-refractivity contribution in [3.63, 3.8) is 0 Å². The molecule has 3 N–H and O–H groups in total. The predicted molar refractivity (Wildman–Crippen MR) is 89.5 cm³/mol. The summed E-state index contributed by atoms with van der Waals surface area (Å²) in [6.45, 7) is 2.50. The molecule has 3 rings (SSSR count). The number of hydrogen-bond donors (Lipinski definition) is 2. The van der Waals surface area contributed by atoms with Crippen molar-refractivity contribution < 1.29 is 0 Å². The molecule has 0 spiro atoms. The van der Waals surface area contributed by atoms with E-state index in [0.29, 0.717) is 6.54 Å². The van der Waals surface area contributed by atoms with Gasteiger partial charge in [-0.05, 0) is 67.5 Å². The van der Waals surface area contributed by atoms with Gasteiger partial charge in [0.05, 0.1) is 11.3 Å². The zero-order valence-electron chi connectivity index (χ0n) is 12.9. The Labute approximate surface area is 130 Å². The Morgan fingerprint density at radius 1 is 1.18 bits per heavy atom. The van der Waals surface area contributed by atoms with Crippen LogP contribution < -0.4 is 11.3 Å². The van der Waals surface area contributed by atoms with Crippen LogP contribution >= 0.6 is 0 Å². The topological polar surface area (TPSA) is 71.9 Å². The fraction of sp³-hybridized carbons (Fsp3) is 0.333. The van der Waals surface area contributed by atoms with Crippen LogP contribution in [0.5, 0.6) is 0 Å². The van der Waals surface area contributed by atoms with Gasteiger partial charge in [0, 0.05) is 6.54 Å². The third kappa shape index (κ3) is 2.45. The molecule has 1 aromatic carbocycles. The second-order valence-corrected chi connectivity index (χ2v) is 5.79. The molecule has 2 aromatic rings. The lowest BCUT2D eigenvalue weighted by Gasteiger charge is -2.18. The van der Waals surface area contributed by atoms with Gasteiger partial charge < -0.3 is 10.3 Å². The fourth-order valence-corrected chi connectivity index (χ4v) is 3.24. The monoisotopic (exact) mass is 295 g/mol. The average Bonchev–Trinajstić information content (AvgIpc) is 2.53. The Bertz CT molecular complexity index is 789. The summed E-state index contributed by atoms with van der Waals surface area (Å²) in [5.41, 5.74) is 10.4. The van der Waals surface area contributed by atoms with Gasteiger partial charge in [-0.15, -0.1) is 0 Å². The molecule has 22 heavy (non-hydrogen) atoms. The van der Waals surface area contributed by atoms with E-state index in [2.05, 4.69) is 18.2 Å². The highest BCUT2D eigenvalue weighted by Gasteiger charge is 2.14. The van der Waals surface area contributed by atoms with Gasteiger partial charge in [-0.1, -0.05) is 12.1 Å². The summed E-state index contributed by atoms with van der Waals surface area (Å²) in [6.07, 6.45) is 4.77. The maximum Gasteiger partial charge on any atom is 0.261 e. The Kier molecular flexibility index (Phi) is 3.84. The summed E-state index contributed by atoms with van der Waals surface area (Å²) < 4.78 is 1.70. The van der Waals surface area contributed by atoms with Crippen molar-refractivity contribution in [1.82, 2.24) is 4.57 Å². The minimum Gasteiger partial charge on any atom is -0.384 e.